The van der Waals surface area contributed by atoms with Gasteiger partial charge in [-0.25, -0.2) is 4.79 Å². The minimum Gasteiger partial charge on any atom is -0.298 e. The van der Waals surface area contributed by atoms with E-state index in [0.29, 0.717) is 6.42 Å². The van der Waals surface area contributed by atoms with Gasteiger partial charge < -0.3 is 0 Å². The maximum absolute atomic E-state index is 11.5. The Kier molecular flexibility index (Phi) is 9.94. The van der Waals surface area contributed by atoms with E-state index in [1.165, 1.54) is 12.8 Å². The quantitative estimate of drug-likeness (QED) is 0.300. The Hall–Kier alpha value is -0.570. The van der Waals surface area contributed by atoms with E-state index >= 15 is 0 Å². The first kappa shape index (κ1) is 18.4. The van der Waals surface area contributed by atoms with Crippen LogP contribution < -0.4 is 0 Å². The molecule has 3 heteroatoms. The van der Waals surface area contributed by atoms with Crippen LogP contribution in [0.25, 0.3) is 0 Å². The van der Waals surface area contributed by atoms with Crippen molar-refractivity contribution in [2.75, 3.05) is 0 Å². The lowest BCUT2D eigenvalue weighted by molar-refractivity contribution is -0.326. The Morgan fingerprint density at radius 3 is 2.37 bits per heavy atom. The number of hydrogen-bond acceptors (Lipinski definition) is 3. The smallest absolute Gasteiger partial charge is 0.298 e. The van der Waals surface area contributed by atoms with Gasteiger partial charge in [0.05, 0.1) is 0 Å². The Morgan fingerprint density at radius 1 is 1.11 bits per heavy atom. The molecule has 0 aliphatic rings. The van der Waals surface area contributed by atoms with Gasteiger partial charge in [0, 0.05) is 6.42 Å². The van der Waals surface area contributed by atoms with Gasteiger partial charge in [-0.2, -0.15) is 4.89 Å². The third-order valence-corrected chi connectivity index (χ3v) is 3.15. The van der Waals surface area contributed by atoms with Gasteiger partial charge in [0.2, 0.25) is 0 Å². The van der Waals surface area contributed by atoms with Crippen LogP contribution in [0.4, 0.5) is 0 Å². The molecule has 0 spiro atoms. The SMILES string of the molecule is CCCCC(C)(C)OOC(=O)CCCCCC(C)C. The molecule has 0 atom stereocenters. The summed E-state index contributed by atoms with van der Waals surface area (Å²) in [5.74, 6) is 0.503. The Morgan fingerprint density at radius 2 is 1.79 bits per heavy atom. The lowest BCUT2D eigenvalue weighted by Gasteiger charge is -2.22. The van der Waals surface area contributed by atoms with Crippen molar-refractivity contribution in [1.82, 2.24) is 0 Å². The molecule has 0 saturated carbocycles. The van der Waals surface area contributed by atoms with Crippen LogP contribution in [0.2, 0.25) is 0 Å². The van der Waals surface area contributed by atoms with Gasteiger partial charge in [0.25, 0.3) is 0 Å². The highest BCUT2D eigenvalue weighted by Crippen LogP contribution is 2.18. The zero-order chi connectivity index (χ0) is 14.7. The van der Waals surface area contributed by atoms with E-state index in [9.17, 15) is 4.79 Å². The van der Waals surface area contributed by atoms with Crippen molar-refractivity contribution < 1.29 is 14.6 Å². The molecule has 0 rings (SSSR count). The van der Waals surface area contributed by atoms with Crippen LogP contribution in [0.5, 0.6) is 0 Å². The predicted octanol–water partition coefficient (Wildman–Crippen LogP) is 5.04. The second-order valence-corrected chi connectivity index (χ2v) is 6.40. The van der Waals surface area contributed by atoms with E-state index in [0.717, 1.165) is 38.0 Å². The van der Waals surface area contributed by atoms with E-state index in [2.05, 4.69) is 20.8 Å². The summed E-state index contributed by atoms with van der Waals surface area (Å²) in [6, 6.07) is 0. The van der Waals surface area contributed by atoms with Gasteiger partial charge in [-0.3, -0.25) is 4.89 Å². The van der Waals surface area contributed by atoms with Gasteiger partial charge in [-0.15, -0.1) is 0 Å². The molecular formula is C16H32O3. The molecule has 0 N–H and O–H groups in total. The van der Waals surface area contributed by atoms with Crippen molar-refractivity contribution in [1.29, 1.82) is 0 Å². The Labute approximate surface area is 119 Å². The van der Waals surface area contributed by atoms with Crippen LogP contribution in [0, 0.1) is 5.92 Å². The van der Waals surface area contributed by atoms with E-state index in [1.807, 2.05) is 13.8 Å². The number of carbonyl (C=O) groups is 1. The first-order valence-electron chi connectivity index (χ1n) is 7.76. The topological polar surface area (TPSA) is 35.5 Å². The zero-order valence-corrected chi connectivity index (χ0v) is 13.5. The monoisotopic (exact) mass is 272 g/mol. The largest absolute Gasteiger partial charge is 0.342 e. The average molecular weight is 272 g/mol. The van der Waals surface area contributed by atoms with Gasteiger partial charge in [-0.1, -0.05) is 52.9 Å². The summed E-state index contributed by atoms with van der Waals surface area (Å²) < 4.78 is 0. The van der Waals surface area contributed by atoms with Gasteiger partial charge >= 0.3 is 5.97 Å². The van der Waals surface area contributed by atoms with Crippen molar-refractivity contribution in [2.45, 2.75) is 91.6 Å². The Bertz CT molecular complexity index is 234. The van der Waals surface area contributed by atoms with Crippen molar-refractivity contribution in [3.05, 3.63) is 0 Å². The summed E-state index contributed by atoms with van der Waals surface area (Å²) in [6.07, 6.45) is 7.98. The maximum atomic E-state index is 11.5. The summed E-state index contributed by atoms with van der Waals surface area (Å²) >= 11 is 0. The third-order valence-electron chi connectivity index (χ3n) is 3.15. The van der Waals surface area contributed by atoms with E-state index in [4.69, 9.17) is 9.78 Å². The molecule has 0 aliphatic heterocycles. The number of unbranched alkanes of at least 4 members (excludes halogenated alkanes) is 3. The van der Waals surface area contributed by atoms with E-state index in [-0.39, 0.29) is 11.6 Å². The van der Waals surface area contributed by atoms with Crippen molar-refractivity contribution in [2.24, 2.45) is 5.92 Å². The fourth-order valence-corrected chi connectivity index (χ4v) is 1.84. The molecule has 19 heavy (non-hydrogen) atoms. The molecule has 0 saturated heterocycles. The van der Waals surface area contributed by atoms with Crippen molar-refractivity contribution in [3.8, 4) is 0 Å². The second kappa shape index (κ2) is 10.2. The molecule has 0 aromatic heterocycles. The van der Waals surface area contributed by atoms with Crippen LogP contribution in [-0.2, 0) is 14.6 Å². The summed E-state index contributed by atoms with van der Waals surface area (Å²) in [5, 5.41) is 0. The van der Waals surface area contributed by atoms with Crippen molar-refractivity contribution >= 4 is 5.97 Å². The highest BCUT2D eigenvalue weighted by atomic mass is 17.2. The lowest BCUT2D eigenvalue weighted by Crippen LogP contribution is -2.26. The molecule has 0 fully saturated rings. The van der Waals surface area contributed by atoms with Crippen LogP contribution in [0.15, 0.2) is 0 Å². The van der Waals surface area contributed by atoms with E-state index < -0.39 is 0 Å². The predicted molar refractivity (Wildman–Crippen MR) is 78.7 cm³/mol. The second-order valence-electron chi connectivity index (χ2n) is 6.40. The normalized spacial score (nSPS) is 11.9. The van der Waals surface area contributed by atoms with Crippen LogP contribution in [0.1, 0.15) is 86.0 Å². The first-order valence-corrected chi connectivity index (χ1v) is 7.76. The molecule has 0 aromatic rings. The maximum Gasteiger partial charge on any atom is 0.342 e. The van der Waals surface area contributed by atoms with Gasteiger partial charge in [0.15, 0.2) is 0 Å². The fourth-order valence-electron chi connectivity index (χ4n) is 1.84. The van der Waals surface area contributed by atoms with Gasteiger partial charge in [0.1, 0.15) is 5.60 Å². The highest BCUT2D eigenvalue weighted by Gasteiger charge is 2.21. The fraction of sp³-hybridized carbons (Fsp3) is 0.938. The molecule has 0 aromatic carbocycles. The molecule has 114 valence electrons. The summed E-state index contributed by atoms with van der Waals surface area (Å²) in [6.45, 7) is 10.5. The number of rotatable bonds is 11. The molecule has 0 heterocycles. The number of carbonyl (C=O) groups excluding carboxylic acids is 1. The van der Waals surface area contributed by atoms with Crippen LogP contribution >= 0.6 is 0 Å². The zero-order valence-electron chi connectivity index (χ0n) is 13.5. The molecule has 0 aliphatic carbocycles. The molecule has 0 radical (unpaired) electrons. The summed E-state index contributed by atoms with van der Waals surface area (Å²) in [7, 11) is 0. The summed E-state index contributed by atoms with van der Waals surface area (Å²) in [5.41, 5.74) is -0.372. The molecular weight excluding hydrogens is 240 g/mol. The molecule has 0 amide bonds. The minimum atomic E-state index is -0.372. The van der Waals surface area contributed by atoms with Gasteiger partial charge in [-0.05, 0) is 32.6 Å². The minimum absolute atomic E-state index is 0.242. The Balaban J connectivity index is 3.58. The van der Waals surface area contributed by atoms with Crippen molar-refractivity contribution in [3.63, 3.8) is 0 Å². The van der Waals surface area contributed by atoms with Crippen LogP contribution in [-0.4, -0.2) is 11.6 Å². The first-order chi connectivity index (χ1) is 8.87. The van der Waals surface area contributed by atoms with E-state index in [1.54, 1.807) is 0 Å². The summed E-state index contributed by atoms with van der Waals surface area (Å²) in [4.78, 5) is 21.6. The molecule has 0 bridgehead atoms. The van der Waals surface area contributed by atoms with Crippen LogP contribution in [0.3, 0.4) is 0 Å². The average Bonchev–Trinajstić information content (AvgIpc) is 2.33. The third kappa shape index (κ3) is 12.2. The molecule has 3 nitrogen and oxygen atoms in total. The number of hydrogen-bond donors (Lipinski definition) is 0. The highest BCUT2D eigenvalue weighted by molar-refractivity contribution is 5.68. The lowest BCUT2D eigenvalue weighted by atomic mass is 10.0. The standard InChI is InChI=1S/C16H32O3/c1-6-7-13-16(4,5)19-18-15(17)12-10-8-9-11-14(2)3/h14H,6-13H2,1-5H3. The molecule has 0 unspecified atom stereocenters.